The SMILES string of the molecule is NC(=O)c1cc2ccc(OC(=O)c3ccccc3Br)cc2oc1=O. The maximum absolute atomic E-state index is 12.2. The number of ether oxygens (including phenoxy) is 1. The molecule has 0 spiro atoms. The van der Waals surface area contributed by atoms with Gasteiger partial charge in [-0.15, -0.1) is 0 Å². The Balaban J connectivity index is 1.95. The lowest BCUT2D eigenvalue weighted by Crippen LogP contribution is -2.20. The van der Waals surface area contributed by atoms with Crippen LogP contribution in [0.2, 0.25) is 0 Å². The van der Waals surface area contributed by atoms with Gasteiger partial charge in [-0.3, -0.25) is 4.79 Å². The number of nitrogens with two attached hydrogens (primary N) is 1. The summed E-state index contributed by atoms with van der Waals surface area (Å²) in [4.78, 5) is 35.0. The molecule has 1 aromatic heterocycles. The van der Waals surface area contributed by atoms with Gasteiger partial charge in [0, 0.05) is 15.9 Å². The molecule has 0 radical (unpaired) electrons. The number of hydrogen-bond donors (Lipinski definition) is 1. The summed E-state index contributed by atoms with van der Waals surface area (Å²) in [5.41, 5.74) is 4.58. The number of primary amides is 1. The lowest BCUT2D eigenvalue weighted by Gasteiger charge is -2.07. The molecule has 2 aromatic carbocycles. The zero-order valence-corrected chi connectivity index (χ0v) is 13.7. The molecule has 0 aliphatic carbocycles. The van der Waals surface area contributed by atoms with Crippen molar-refractivity contribution >= 4 is 38.8 Å². The molecule has 0 aliphatic rings. The Kier molecular flexibility index (Phi) is 4.18. The van der Waals surface area contributed by atoms with E-state index in [-0.39, 0.29) is 16.9 Å². The molecule has 0 fully saturated rings. The van der Waals surface area contributed by atoms with Crippen LogP contribution in [0.4, 0.5) is 0 Å². The first-order valence-corrected chi connectivity index (χ1v) is 7.59. The second kappa shape index (κ2) is 6.29. The molecule has 24 heavy (non-hydrogen) atoms. The van der Waals surface area contributed by atoms with E-state index in [9.17, 15) is 14.4 Å². The van der Waals surface area contributed by atoms with Crippen LogP contribution in [0.5, 0.6) is 5.75 Å². The third kappa shape index (κ3) is 3.07. The molecule has 7 heteroatoms. The summed E-state index contributed by atoms with van der Waals surface area (Å²) in [7, 11) is 0. The number of amides is 1. The van der Waals surface area contributed by atoms with Gasteiger partial charge in [0.15, 0.2) is 0 Å². The van der Waals surface area contributed by atoms with Gasteiger partial charge >= 0.3 is 11.6 Å². The van der Waals surface area contributed by atoms with Crippen molar-refractivity contribution in [3.8, 4) is 5.75 Å². The fraction of sp³-hybridized carbons (Fsp3) is 0. The van der Waals surface area contributed by atoms with E-state index in [1.165, 1.54) is 18.2 Å². The Bertz CT molecular complexity index is 1020. The van der Waals surface area contributed by atoms with E-state index in [1.807, 2.05) is 0 Å². The molecular weight excluding hydrogens is 378 g/mol. The van der Waals surface area contributed by atoms with Crippen LogP contribution in [-0.4, -0.2) is 11.9 Å². The number of esters is 1. The number of rotatable bonds is 3. The summed E-state index contributed by atoms with van der Waals surface area (Å²) in [6, 6.07) is 12.7. The first-order chi connectivity index (χ1) is 11.5. The van der Waals surface area contributed by atoms with Crippen LogP contribution in [-0.2, 0) is 0 Å². The molecule has 3 aromatic rings. The average Bonchev–Trinajstić information content (AvgIpc) is 2.54. The third-order valence-corrected chi connectivity index (χ3v) is 3.97. The van der Waals surface area contributed by atoms with Crippen LogP contribution in [0, 0.1) is 0 Å². The van der Waals surface area contributed by atoms with Gasteiger partial charge in [-0.05, 0) is 46.3 Å². The lowest BCUT2D eigenvalue weighted by atomic mass is 10.1. The summed E-state index contributed by atoms with van der Waals surface area (Å²) in [6.45, 7) is 0. The highest BCUT2D eigenvalue weighted by molar-refractivity contribution is 9.10. The Morgan fingerprint density at radius 3 is 2.50 bits per heavy atom. The van der Waals surface area contributed by atoms with Gasteiger partial charge in [0.05, 0.1) is 5.56 Å². The van der Waals surface area contributed by atoms with Gasteiger partial charge in [0.2, 0.25) is 0 Å². The fourth-order valence-electron chi connectivity index (χ4n) is 2.12. The van der Waals surface area contributed by atoms with Crippen molar-refractivity contribution in [3.63, 3.8) is 0 Å². The minimum atomic E-state index is -0.866. The van der Waals surface area contributed by atoms with Crippen LogP contribution >= 0.6 is 15.9 Å². The minimum absolute atomic E-state index is 0.183. The highest BCUT2D eigenvalue weighted by atomic mass is 79.9. The van der Waals surface area contributed by atoms with Crippen molar-refractivity contribution in [2.45, 2.75) is 0 Å². The zero-order valence-electron chi connectivity index (χ0n) is 12.1. The molecule has 0 unspecified atom stereocenters. The van der Waals surface area contributed by atoms with E-state index < -0.39 is 17.5 Å². The van der Waals surface area contributed by atoms with Crippen molar-refractivity contribution in [2.24, 2.45) is 5.73 Å². The zero-order chi connectivity index (χ0) is 17.3. The Morgan fingerprint density at radius 1 is 1.04 bits per heavy atom. The van der Waals surface area contributed by atoms with E-state index >= 15 is 0 Å². The maximum atomic E-state index is 12.2. The van der Waals surface area contributed by atoms with Crippen LogP contribution in [0.3, 0.4) is 0 Å². The summed E-state index contributed by atoms with van der Waals surface area (Å²) in [6.07, 6.45) is 0. The second-order valence-electron chi connectivity index (χ2n) is 4.88. The fourth-order valence-corrected chi connectivity index (χ4v) is 2.56. The van der Waals surface area contributed by atoms with Crippen molar-refractivity contribution in [3.05, 3.63) is 74.6 Å². The quantitative estimate of drug-likeness (QED) is 0.423. The normalized spacial score (nSPS) is 10.5. The standard InChI is InChI=1S/C17H10BrNO5/c18-13-4-2-1-3-11(13)16(21)23-10-6-5-9-7-12(15(19)20)17(22)24-14(9)8-10/h1-8H,(H2,19,20). The number of carbonyl (C=O) groups excluding carboxylic acids is 2. The second-order valence-corrected chi connectivity index (χ2v) is 5.74. The number of carbonyl (C=O) groups is 2. The van der Waals surface area contributed by atoms with Gasteiger partial charge in [-0.1, -0.05) is 12.1 Å². The Hall–Kier alpha value is -2.93. The van der Waals surface area contributed by atoms with E-state index in [1.54, 1.807) is 30.3 Å². The number of fused-ring (bicyclic) bond motifs is 1. The predicted molar refractivity (Wildman–Crippen MR) is 90.1 cm³/mol. The molecular formula is C17H10BrNO5. The maximum Gasteiger partial charge on any atom is 0.349 e. The van der Waals surface area contributed by atoms with Crippen molar-refractivity contribution in [1.29, 1.82) is 0 Å². The van der Waals surface area contributed by atoms with Crippen molar-refractivity contribution in [2.75, 3.05) is 0 Å². The molecule has 0 atom stereocenters. The van der Waals surface area contributed by atoms with Crippen LogP contribution < -0.4 is 16.1 Å². The van der Waals surface area contributed by atoms with Gasteiger partial charge in [0.25, 0.3) is 5.91 Å². The summed E-state index contributed by atoms with van der Waals surface area (Å²) in [5.74, 6) is -1.22. The predicted octanol–water partition coefficient (Wildman–Crippen LogP) is 2.87. The molecule has 0 bridgehead atoms. The highest BCUT2D eigenvalue weighted by Gasteiger charge is 2.14. The summed E-state index contributed by atoms with van der Waals surface area (Å²) in [5, 5.41) is 0.490. The Labute approximate surface area is 144 Å². The average molecular weight is 388 g/mol. The largest absolute Gasteiger partial charge is 0.423 e. The topological polar surface area (TPSA) is 99.6 Å². The third-order valence-electron chi connectivity index (χ3n) is 3.28. The van der Waals surface area contributed by atoms with Crippen LogP contribution in [0.25, 0.3) is 11.0 Å². The van der Waals surface area contributed by atoms with E-state index in [0.29, 0.717) is 15.4 Å². The lowest BCUT2D eigenvalue weighted by molar-refractivity contribution is 0.0733. The van der Waals surface area contributed by atoms with Gasteiger partial charge in [0.1, 0.15) is 16.9 Å². The van der Waals surface area contributed by atoms with Gasteiger partial charge < -0.3 is 14.9 Å². The molecule has 2 N–H and O–H groups in total. The summed E-state index contributed by atoms with van der Waals surface area (Å²) < 4.78 is 10.9. The van der Waals surface area contributed by atoms with Gasteiger partial charge in [-0.2, -0.15) is 0 Å². The van der Waals surface area contributed by atoms with Crippen molar-refractivity contribution in [1.82, 2.24) is 0 Å². The molecule has 1 heterocycles. The number of halogens is 1. The number of hydrogen-bond acceptors (Lipinski definition) is 5. The Morgan fingerprint density at radius 2 is 1.79 bits per heavy atom. The molecule has 0 saturated carbocycles. The minimum Gasteiger partial charge on any atom is -0.423 e. The van der Waals surface area contributed by atoms with E-state index in [4.69, 9.17) is 14.9 Å². The van der Waals surface area contributed by atoms with E-state index in [0.717, 1.165) is 0 Å². The van der Waals surface area contributed by atoms with Crippen LogP contribution in [0.15, 0.2) is 62.2 Å². The molecule has 0 saturated heterocycles. The van der Waals surface area contributed by atoms with Crippen molar-refractivity contribution < 1.29 is 18.7 Å². The number of benzene rings is 2. The molecule has 3 rings (SSSR count). The first-order valence-electron chi connectivity index (χ1n) is 6.80. The first kappa shape index (κ1) is 15.9. The molecule has 6 nitrogen and oxygen atoms in total. The summed E-state index contributed by atoms with van der Waals surface area (Å²) >= 11 is 3.28. The van der Waals surface area contributed by atoms with E-state index in [2.05, 4.69) is 15.9 Å². The van der Waals surface area contributed by atoms with Gasteiger partial charge in [-0.25, -0.2) is 9.59 Å². The molecule has 1 amide bonds. The molecule has 0 aliphatic heterocycles. The monoisotopic (exact) mass is 387 g/mol. The smallest absolute Gasteiger partial charge is 0.349 e. The van der Waals surface area contributed by atoms with Crippen LogP contribution in [0.1, 0.15) is 20.7 Å². The molecule has 120 valence electrons. The highest BCUT2D eigenvalue weighted by Crippen LogP contribution is 2.23.